The minimum Gasteiger partial charge on any atom is -0.408 e. The summed E-state index contributed by atoms with van der Waals surface area (Å²) >= 11 is 1.34. The number of nitrogens with one attached hydrogen (secondary N) is 1. The molecule has 0 bridgehead atoms. The molecule has 7 heteroatoms. The molecule has 0 aliphatic carbocycles. The molecule has 5 nitrogen and oxygen atoms in total. The second-order valence-electron chi connectivity index (χ2n) is 5.12. The predicted molar refractivity (Wildman–Crippen MR) is 84.3 cm³/mol. The first-order valence-corrected chi connectivity index (χ1v) is 8.01. The fraction of sp³-hybridized carbons (Fsp3) is 0.400. The Morgan fingerprint density at radius 3 is 2.68 bits per heavy atom. The average Bonchev–Trinajstić information content (AvgIpc) is 2.94. The molecule has 118 valence electrons. The fourth-order valence-electron chi connectivity index (χ4n) is 1.77. The van der Waals surface area contributed by atoms with E-state index >= 15 is 0 Å². The van der Waals surface area contributed by atoms with Gasteiger partial charge in [-0.3, -0.25) is 10.1 Å². The summed E-state index contributed by atoms with van der Waals surface area (Å²) in [5.74, 6) is 0.236. The van der Waals surface area contributed by atoms with Gasteiger partial charge in [0, 0.05) is 16.7 Å². The lowest BCUT2D eigenvalue weighted by Gasteiger charge is -2.11. The quantitative estimate of drug-likeness (QED) is 0.876. The van der Waals surface area contributed by atoms with E-state index < -0.39 is 0 Å². The van der Waals surface area contributed by atoms with Gasteiger partial charge in [0.15, 0.2) is 0 Å². The van der Waals surface area contributed by atoms with Crippen LogP contribution in [0, 0.1) is 5.82 Å². The second-order valence-corrected chi connectivity index (χ2v) is 6.45. The van der Waals surface area contributed by atoms with Crippen molar-refractivity contribution in [2.45, 2.75) is 31.9 Å². The van der Waals surface area contributed by atoms with Gasteiger partial charge in [0.25, 0.3) is 0 Å². The Bertz CT molecular complexity index is 645. The van der Waals surface area contributed by atoms with Crippen molar-refractivity contribution in [3.63, 3.8) is 0 Å². The average molecular weight is 323 g/mol. The Morgan fingerprint density at radius 1 is 1.32 bits per heavy atom. The number of halogens is 1. The van der Waals surface area contributed by atoms with E-state index in [2.05, 4.69) is 15.5 Å². The van der Waals surface area contributed by atoms with Gasteiger partial charge >= 0.3 is 6.01 Å². The first kappa shape index (κ1) is 16.5. The maximum absolute atomic E-state index is 13.6. The first-order chi connectivity index (χ1) is 10.5. The molecule has 2 aromatic rings. The third-order valence-corrected chi connectivity index (χ3v) is 4.17. The van der Waals surface area contributed by atoms with Gasteiger partial charge in [0.05, 0.1) is 5.75 Å². The summed E-state index contributed by atoms with van der Waals surface area (Å²) < 4.78 is 18.9. The molecule has 1 N–H and O–H groups in total. The summed E-state index contributed by atoms with van der Waals surface area (Å²) in [4.78, 5) is 11.9. The highest BCUT2D eigenvalue weighted by molar-refractivity contribution is 8.00. The zero-order chi connectivity index (χ0) is 16.1. The van der Waals surface area contributed by atoms with Crippen LogP contribution in [0.2, 0.25) is 0 Å². The van der Waals surface area contributed by atoms with Crippen molar-refractivity contribution in [3.8, 4) is 0 Å². The third-order valence-electron chi connectivity index (χ3n) is 2.99. The van der Waals surface area contributed by atoms with Crippen LogP contribution in [0.4, 0.5) is 10.4 Å². The van der Waals surface area contributed by atoms with Crippen molar-refractivity contribution >= 4 is 23.7 Å². The van der Waals surface area contributed by atoms with E-state index in [4.69, 9.17) is 4.42 Å². The van der Waals surface area contributed by atoms with Gasteiger partial charge in [-0.1, -0.05) is 37.1 Å². The van der Waals surface area contributed by atoms with Crippen LogP contribution in [0.25, 0.3) is 0 Å². The number of benzene rings is 1. The van der Waals surface area contributed by atoms with E-state index in [0.29, 0.717) is 11.5 Å². The molecule has 0 fully saturated rings. The van der Waals surface area contributed by atoms with Gasteiger partial charge in [-0.05, 0) is 13.0 Å². The highest BCUT2D eigenvalue weighted by atomic mass is 32.2. The SMILES string of the molecule is CC(C)c1nnc(NC(=O)CS[C@H](C)c2ccccc2F)o1. The van der Waals surface area contributed by atoms with Crippen LogP contribution in [-0.4, -0.2) is 21.9 Å². The van der Waals surface area contributed by atoms with E-state index in [1.165, 1.54) is 17.8 Å². The lowest BCUT2D eigenvalue weighted by atomic mass is 10.1. The van der Waals surface area contributed by atoms with Crippen molar-refractivity contribution in [3.05, 3.63) is 41.5 Å². The van der Waals surface area contributed by atoms with Crippen LogP contribution in [-0.2, 0) is 4.79 Å². The number of anilines is 1. The number of rotatable bonds is 6. The number of thioether (sulfide) groups is 1. The van der Waals surface area contributed by atoms with Gasteiger partial charge in [0.1, 0.15) is 5.82 Å². The van der Waals surface area contributed by atoms with E-state index in [1.807, 2.05) is 20.8 Å². The van der Waals surface area contributed by atoms with Gasteiger partial charge in [-0.15, -0.1) is 16.9 Å². The molecule has 0 unspecified atom stereocenters. The van der Waals surface area contributed by atoms with E-state index in [-0.39, 0.29) is 34.7 Å². The zero-order valence-corrected chi connectivity index (χ0v) is 13.5. The summed E-state index contributed by atoms with van der Waals surface area (Å²) in [6.07, 6.45) is 0. The van der Waals surface area contributed by atoms with E-state index in [9.17, 15) is 9.18 Å². The number of carbonyl (C=O) groups is 1. The van der Waals surface area contributed by atoms with Gasteiger partial charge < -0.3 is 4.42 Å². The molecule has 0 aliphatic rings. The Labute approximate surface area is 132 Å². The molecule has 1 amide bonds. The molecular weight excluding hydrogens is 305 g/mol. The number of aromatic nitrogens is 2. The molecule has 0 saturated carbocycles. The zero-order valence-electron chi connectivity index (χ0n) is 12.7. The number of hydrogen-bond acceptors (Lipinski definition) is 5. The summed E-state index contributed by atoms with van der Waals surface area (Å²) in [6, 6.07) is 6.65. The largest absolute Gasteiger partial charge is 0.408 e. The monoisotopic (exact) mass is 323 g/mol. The summed E-state index contributed by atoms with van der Waals surface area (Å²) in [5.41, 5.74) is 0.584. The normalized spacial score (nSPS) is 12.4. The maximum Gasteiger partial charge on any atom is 0.322 e. The van der Waals surface area contributed by atoms with Crippen molar-refractivity contribution in [2.75, 3.05) is 11.1 Å². The van der Waals surface area contributed by atoms with Gasteiger partial charge in [-0.2, -0.15) is 0 Å². The van der Waals surface area contributed by atoms with E-state index in [0.717, 1.165) is 0 Å². The highest BCUT2D eigenvalue weighted by Gasteiger charge is 2.15. The summed E-state index contributed by atoms with van der Waals surface area (Å²) in [7, 11) is 0. The van der Waals surface area contributed by atoms with Crippen LogP contribution in [0.3, 0.4) is 0 Å². The molecule has 1 aromatic heterocycles. The number of nitrogens with zero attached hydrogens (tertiary/aromatic N) is 2. The van der Waals surface area contributed by atoms with Crippen LogP contribution < -0.4 is 5.32 Å². The minimum atomic E-state index is -0.263. The Kier molecular flexibility index (Phi) is 5.54. The fourth-order valence-corrected chi connectivity index (χ4v) is 2.61. The molecule has 1 atom stereocenters. The Balaban J connectivity index is 1.86. The van der Waals surface area contributed by atoms with Gasteiger partial charge in [0.2, 0.25) is 11.8 Å². The van der Waals surface area contributed by atoms with Crippen molar-refractivity contribution in [2.24, 2.45) is 0 Å². The number of hydrogen-bond donors (Lipinski definition) is 1. The summed E-state index contributed by atoms with van der Waals surface area (Å²) in [5, 5.41) is 10.0. The predicted octanol–water partition coefficient (Wildman–Crippen LogP) is 3.77. The highest BCUT2D eigenvalue weighted by Crippen LogP contribution is 2.29. The van der Waals surface area contributed by atoms with Crippen LogP contribution in [0.5, 0.6) is 0 Å². The molecule has 0 saturated heterocycles. The van der Waals surface area contributed by atoms with Crippen LogP contribution in [0.15, 0.2) is 28.7 Å². The first-order valence-electron chi connectivity index (χ1n) is 6.96. The molecule has 1 aromatic carbocycles. The number of carbonyl (C=O) groups excluding carboxylic acids is 1. The minimum absolute atomic E-state index is 0.0906. The standard InChI is InChI=1S/C15H18FN3O2S/c1-9(2)14-18-19-15(21-14)17-13(20)8-22-10(3)11-6-4-5-7-12(11)16/h4-7,9-10H,8H2,1-3H3,(H,17,19,20)/t10-/m1/s1. The lowest BCUT2D eigenvalue weighted by Crippen LogP contribution is -2.15. The Hall–Kier alpha value is -1.89. The van der Waals surface area contributed by atoms with Crippen molar-refractivity contribution in [1.29, 1.82) is 0 Å². The smallest absolute Gasteiger partial charge is 0.322 e. The van der Waals surface area contributed by atoms with Gasteiger partial charge in [-0.25, -0.2) is 4.39 Å². The Morgan fingerprint density at radius 2 is 2.05 bits per heavy atom. The molecule has 0 spiro atoms. The topological polar surface area (TPSA) is 68.0 Å². The maximum atomic E-state index is 13.6. The molecule has 22 heavy (non-hydrogen) atoms. The third kappa shape index (κ3) is 4.30. The molecular formula is C15H18FN3O2S. The molecule has 1 heterocycles. The molecule has 0 aliphatic heterocycles. The van der Waals surface area contributed by atoms with Crippen LogP contribution in [0.1, 0.15) is 43.4 Å². The van der Waals surface area contributed by atoms with E-state index in [1.54, 1.807) is 18.2 Å². The molecule has 2 rings (SSSR count). The molecule has 0 radical (unpaired) electrons. The van der Waals surface area contributed by atoms with Crippen molar-refractivity contribution < 1.29 is 13.6 Å². The van der Waals surface area contributed by atoms with Crippen molar-refractivity contribution in [1.82, 2.24) is 10.2 Å². The lowest BCUT2D eigenvalue weighted by molar-refractivity contribution is -0.113. The summed E-state index contributed by atoms with van der Waals surface area (Å²) in [6.45, 7) is 5.70. The second kappa shape index (κ2) is 7.40. The number of amides is 1. The van der Waals surface area contributed by atoms with Crippen LogP contribution >= 0.6 is 11.8 Å².